The highest BCUT2D eigenvalue weighted by Crippen LogP contribution is 2.15. The molecule has 0 radical (unpaired) electrons. The van der Waals surface area contributed by atoms with Crippen molar-refractivity contribution in [1.29, 1.82) is 0 Å². The summed E-state index contributed by atoms with van der Waals surface area (Å²) in [5, 5.41) is 8.97. The topological polar surface area (TPSA) is 70.2 Å². The molecule has 152 valence electrons. The summed E-state index contributed by atoms with van der Waals surface area (Å²) in [5.41, 5.74) is 2.48. The van der Waals surface area contributed by atoms with Gasteiger partial charge in [0.05, 0.1) is 11.3 Å². The van der Waals surface area contributed by atoms with Gasteiger partial charge in [-0.2, -0.15) is 0 Å². The summed E-state index contributed by atoms with van der Waals surface area (Å²) in [4.78, 5) is 24.9. The number of rotatable bonds is 6. The third-order valence-corrected chi connectivity index (χ3v) is 4.72. The minimum atomic E-state index is -0.389. The fraction of sp³-hybridized carbons (Fsp3) is 0.0870. The first-order valence-electron chi connectivity index (χ1n) is 9.32. The molecule has 3 aromatic rings. The maximum atomic E-state index is 12.6. The largest absolute Gasteiger partial charge is 0.352 e. The summed E-state index contributed by atoms with van der Waals surface area (Å²) in [5.74, 6) is -0.613. The van der Waals surface area contributed by atoms with Gasteiger partial charge in [-0.05, 0) is 54.5 Å². The molecule has 0 aliphatic heterocycles. The Bertz CT molecular complexity index is 1060. The number of hydrogen-bond acceptors (Lipinski definition) is 3. The molecular formula is C23H20ClN3O2S. The Morgan fingerprint density at radius 1 is 0.867 bits per heavy atom. The van der Waals surface area contributed by atoms with E-state index in [1.54, 1.807) is 48.5 Å². The Hall–Kier alpha value is -3.22. The molecule has 0 atom stereocenters. The molecular weight excluding hydrogens is 418 g/mol. The van der Waals surface area contributed by atoms with Gasteiger partial charge in [-0.3, -0.25) is 14.9 Å². The highest BCUT2D eigenvalue weighted by molar-refractivity contribution is 7.80. The quantitative estimate of drug-likeness (QED) is 0.498. The van der Waals surface area contributed by atoms with Crippen LogP contribution in [0, 0.1) is 0 Å². The summed E-state index contributed by atoms with van der Waals surface area (Å²) in [6, 6.07) is 23.4. The molecule has 0 saturated carbocycles. The number of hydrogen-bond donors (Lipinski definition) is 3. The first-order chi connectivity index (χ1) is 14.5. The van der Waals surface area contributed by atoms with E-state index in [1.807, 2.05) is 30.3 Å². The zero-order valence-corrected chi connectivity index (χ0v) is 17.6. The van der Waals surface area contributed by atoms with Gasteiger partial charge in [-0.15, -0.1) is 0 Å². The lowest BCUT2D eigenvalue weighted by atomic mass is 10.1. The van der Waals surface area contributed by atoms with Crippen LogP contribution in [-0.2, 0) is 6.42 Å². The van der Waals surface area contributed by atoms with Crippen molar-refractivity contribution in [3.05, 3.63) is 101 Å². The van der Waals surface area contributed by atoms with E-state index in [0.29, 0.717) is 28.4 Å². The molecule has 0 spiro atoms. The molecule has 7 heteroatoms. The predicted octanol–water partition coefficient (Wildman–Crippen LogP) is 4.44. The first kappa shape index (κ1) is 21.5. The highest BCUT2D eigenvalue weighted by Gasteiger charge is 2.13. The Morgan fingerprint density at radius 3 is 2.37 bits per heavy atom. The molecule has 0 fully saturated rings. The second-order valence-electron chi connectivity index (χ2n) is 6.46. The molecule has 2 amide bonds. The minimum Gasteiger partial charge on any atom is -0.352 e. The van der Waals surface area contributed by atoms with Crippen molar-refractivity contribution in [2.24, 2.45) is 0 Å². The molecule has 30 heavy (non-hydrogen) atoms. The van der Waals surface area contributed by atoms with E-state index in [4.69, 9.17) is 23.8 Å². The molecule has 3 N–H and O–H groups in total. The Morgan fingerprint density at radius 2 is 1.60 bits per heavy atom. The number of carbonyl (C=O) groups is 2. The zero-order chi connectivity index (χ0) is 21.3. The van der Waals surface area contributed by atoms with Gasteiger partial charge in [0.15, 0.2) is 5.11 Å². The van der Waals surface area contributed by atoms with Crippen molar-refractivity contribution in [2.45, 2.75) is 6.42 Å². The van der Waals surface area contributed by atoms with E-state index in [2.05, 4.69) is 16.0 Å². The molecule has 0 unspecified atom stereocenters. The van der Waals surface area contributed by atoms with Gasteiger partial charge in [-0.1, -0.05) is 60.1 Å². The number of carbonyl (C=O) groups excluding carboxylic acids is 2. The monoisotopic (exact) mass is 437 g/mol. The lowest BCUT2D eigenvalue weighted by Gasteiger charge is -2.14. The lowest BCUT2D eigenvalue weighted by Crippen LogP contribution is -2.35. The van der Waals surface area contributed by atoms with Crippen molar-refractivity contribution in [3.63, 3.8) is 0 Å². The van der Waals surface area contributed by atoms with Crippen LogP contribution < -0.4 is 16.0 Å². The van der Waals surface area contributed by atoms with Crippen molar-refractivity contribution in [1.82, 2.24) is 10.6 Å². The first-order valence-corrected chi connectivity index (χ1v) is 10.1. The molecule has 0 saturated heterocycles. The molecule has 0 aromatic heterocycles. The number of thiocarbonyl (C=S) groups is 1. The van der Waals surface area contributed by atoms with E-state index < -0.39 is 0 Å². The standard InChI is InChI=1S/C23H20ClN3O2S/c24-18-10-6-9-17(15-18)21(28)27-23(30)26-20-12-5-4-11-19(20)22(29)25-14-13-16-7-2-1-3-8-16/h1-12,15H,13-14H2,(H,25,29)(H2,26,27,28,30). The fourth-order valence-corrected chi connectivity index (χ4v) is 3.20. The average molecular weight is 438 g/mol. The van der Waals surface area contributed by atoms with Crippen LogP contribution in [0.15, 0.2) is 78.9 Å². The normalized spacial score (nSPS) is 10.2. The Kier molecular flexibility index (Phi) is 7.54. The van der Waals surface area contributed by atoms with Crippen molar-refractivity contribution >= 4 is 46.4 Å². The number of benzene rings is 3. The third kappa shape index (κ3) is 6.14. The Balaban J connectivity index is 1.59. The lowest BCUT2D eigenvalue weighted by molar-refractivity contribution is 0.0953. The van der Waals surface area contributed by atoms with Crippen LogP contribution in [0.1, 0.15) is 26.3 Å². The molecule has 0 heterocycles. The van der Waals surface area contributed by atoms with E-state index >= 15 is 0 Å². The second-order valence-corrected chi connectivity index (χ2v) is 7.30. The number of amides is 2. The van der Waals surface area contributed by atoms with Crippen LogP contribution in [-0.4, -0.2) is 23.5 Å². The maximum absolute atomic E-state index is 12.6. The molecule has 3 aromatic carbocycles. The summed E-state index contributed by atoms with van der Waals surface area (Å²) < 4.78 is 0. The fourth-order valence-electron chi connectivity index (χ4n) is 2.81. The van der Waals surface area contributed by atoms with Crippen LogP contribution in [0.3, 0.4) is 0 Å². The molecule has 0 aliphatic carbocycles. The van der Waals surface area contributed by atoms with Crippen LogP contribution in [0.5, 0.6) is 0 Å². The predicted molar refractivity (Wildman–Crippen MR) is 124 cm³/mol. The van der Waals surface area contributed by atoms with Crippen LogP contribution in [0.25, 0.3) is 0 Å². The van der Waals surface area contributed by atoms with Gasteiger partial charge in [-0.25, -0.2) is 0 Å². The number of anilines is 1. The van der Waals surface area contributed by atoms with Gasteiger partial charge >= 0.3 is 0 Å². The maximum Gasteiger partial charge on any atom is 0.257 e. The number of halogens is 1. The third-order valence-electron chi connectivity index (χ3n) is 4.28. The zero-order valence-electron chi connectivity index (χ0n) is 16.0. The number of para-hydroxylation sites is 1. The van der Waals surface area contributed by atoms with E-state index in [1.165, 1.54) is 0 Å². The van der Waals surface area contributed by atoms with Crippen LogP contribution in [0.4, 0.5) is 5.69 Å². The summed E-state index contributed by atoms with van der Waals surface area (Å²) in [6.45, 7) is 0.507. The summed E-state index contributed by atoms with van der Waals surface area (Å²) >= 11 is 11.2. The van der Waals surface area contributed by atoms with Gasteiger partial charge in [0.1, 0.15) is 0 Å². The van der Waals surface area contributed by atoms with E-state index in [-0.39, 0.29) is 16.9 Å². The van der Waals surface area contributed by atoms with Gasteiger partial charge < -0.3 is 10.6 Å². The minimum absolute atomic E-state index is 0.0875. The molecule has 0 aliphatic rings. The van der Waals surface area contributed by atoms with Crippen molar-refractivity contribution in [3.8, 4) is 0 Å². The van der Waals surface area contributed by atoms with Crippen LogP contribution in [0.2, 0.25) is 5.02 Å². The van der Waals surface area contributed by atoms with E-state index in [9.17, 15) is 9.59 Å². The Labute approximate surface area is 185 Å². The molecule has 3 rings (SSSR count). The van der Waals surface area contributed by atoms with Gasteiger partial charge in [0.25, 0.3) is 11.8 Å². The second kappa shape index (κ2) is 10.5. The van der Waals surface area contributed by atoms with Crippen molar-refractivity contribution in [2.75, 3.05) is 11.9 Å². The summed E-state index contributed by atoms with van der Waals surface area (Å²) in [6.07, 6.45) is 0.732. The average Bonchev–Trinajstić information content (AvgIpc) is 2.74. The highest BCUT2D eigenvalue weighted by atomic mass is 35.5. The number of nitrogens with one attached hydrogen (secondary N) is 3. The van der Waals surface area contributed by atoms with Crippen molar-refractivity contribution < 1.29 is 9.59 Å². The molecule has 5 nitrogen and oxygen atoms in total. The SMILES string of the molecule is O=C(NC(=S)Nc1ccccc1C(=O)NCCc1ccccc1)c1cccc(Cl)c1. The summed E-state index contributed by atoms with van der Waals surface area (Å²) in [7, 11) is 0. The molecule has 0 bridgehead atoms. The van der Waals surface area contributed by atoms with Crippen LogP contribution >= 0.6 is 23.8 Å². The van der Waals surface area contributed by atoms with Gasteiger partial charge in [0.2, 0.25) is 0 Å². The van der Waals surface area contributed by atoms with Gasteiger partial charge in [0, 0.05) is 17.1 Å². The smallest absolute Gasteiger partial charge is 0.257 e. The van der Waals surface area contributed by atoms with E-state index in [0.717, 1.165) is 12.0 Å².